The van der Waals surface area contributed by atoms with Gasteiger partial charge in [0.05, 0.1) is 42.5 Å². The zero-order chi connectivity index (χ0) is 26.0. The number of anilines is 1. The Kier molecular flexibility index (Phi) is 5.83. The quantitative estimate of drug-likeness (QED) is 0.537. The molecule has 37 heavy (non-hydrogen) atoms. The number of halogens is 3. The molecule has 8 atom stereocenters. The largest absolute Gasteiger partial charge is 0.461 e. The van der Waals surface area contributed by atoms with Crippen LogP contribution in [0.15, 0.2) is 29.5 Å². The Labute approximate surface area is 210 Å². The summed E-state index contributed by atoms with van der Waals surface area (Å²) in [4.78, 5) is 27.9. The summed E-state index contributed by atoms with van der Waals surface area (Å²) in [5.74, 6) is -0.877. The van der Waals surface area contributed by atoms with E-state index in [0.717, 1.165) is 19.4 Å². The van der Waals surface area contributed by atoms with E-state index in [1.54, 1.807) is 0 Å². The lowest BCUT2D eigenvalue weighted by atomic mass is 10.0. The molecule has 2 aromatic rings. The third-order valence-corrected chi connectivity index (χ3v) is 7.65. The Bertz CT molecular complexity index is 1280. The Morgan fingerprint density at radius 2 is 2.00 bits per heavy atom. The van der Waals surface area contributed by atoms with Crippen LogP contribution in [0.2, 0.25) is 0 Å². The Hall–Kier alpha value is -3.25. The van der Waals surface area contributed by atoms with Gasteiger partial charge in [-0.3, -0.25) is 9.79 Å². The van der Waals surface area contributed by atoms with Gasteiger partial charge < -0.3 is 25.2 Å². The highest BCUT2D eigenvalue weighted by molar-refractivity contribution is 6.47. The van der Waals surface area contributed by atoms with Crippen molar-refractivity contribution in [1.82, 2.24) is 14.9 Å². The van der Waals surface area contributed by atoms with Crippen molar-refractivity contribution in [2.24, 2.45) is 16.8 Å². The molecule has 2 aliphatic heterocycles. The monoisotopic (exact) mass is 517 g/mol. The lowest BCUT2D eigenvalue weighted by molar-refractivity contribution is -0.125. The molecule has 2 saturated carbocycles. The van der Waals surface area contributed by atoms with E-state index in [1.165, 1.54) is 23.4 Å². The number of hydrogen-bond donors (Lipinski definition) is 3. The zero-order valence-electron chi connectivity index (χ0n) is 19.9. The van der Waals surface area contributed by atoms with Crippen LogP contribution in [0.1, 0.15) is 42.6 Å². The fraction of sp³-hybridized carbons (Fsp3) is 0.520. The van der Waals surface area contributed by atoms with Gasteiger partial charge in [-0.05, 0) is 36.0 Å². The highest BCUT2D eigenvalue weighted by atomic mass is 19.1. The van der Waals surface area contributed by atoms with Gasteiger partial charge in [-0.1, -0.05) is 0 Å². The summed E-state index contributed by atoms with van der Waals surface area (Å²) in [7, 11) is 0. The second-order valence-electron chi connectivity index (χ2n) is 10.1. The number of aliphatic hydroxyl groups is 2. The minimum atomic E-state index is -1.68. The van der Waals surface area contributed by atoms with E-state index in [1.807, 2.05) is 0 Å². The first kappa shape index (κ1) is 24.1. The highest BCUT2D eigenvalue weighted by Gasteiger charge is 2.59. The third kappa shape index (κ3) is 4.21. The van der Waals surface area contributed by atoms with Crippen molar-refractivity contribution in [2.75, 3.05) is 11.9 Å². The molecule has 1 amide bonds. The predicted molar refractivity (Wildman–Crippen MR) is 125 cm³/mol. The van der Waals surface area contributed by atoms with Gasteiger partial charge in [0.15, 0.2) is 0 Å². The van der Waals surface area contributed by atoms with Gasteiger partial charge in [0, 0.05) is 19.4 Å². The standard InChI is InChI=1S/C25H26F3N5O4/c1-10(26)37-14-3-11(2-12(27)4-14)18-5-13(28)8-33(18)25(36)21-19-17(7-29-21)30-9-31-24(19)32-20-15-6-16(15)22(34)23(20)35/h2-4,9-10,13,15-16,18,20,22-23,34-35H,5-8H2,1H3,(H,30,31,32)/t10?,13-,15-,16+,18+,20+,22+,23-/m0/s1. The van der Waals surface area contributed by atoms with E-state index in [9.17, 15) is 28.2 Å². The molecule has 1 aromatic heterocycles. The highest BCUT2D eigenvalue weighted by Crippen LogP contribution is 2.53. The molecule has 0 bridgehead atoms. The van der Waals surface area contributed by atoms with E-state index in [0.29, 0.717) is 17.1 Å². The summed E-state index contributed by atoms with van der Waals surface area (Å²) in [6.45, 7) is 1.06. The second kappa shape index (κ2) is 8.95. The summed E-state index contributed by atoms with van der Waals surface area (Å²) in [5.41, 5.74) is 1.21. The Morgan fingerprint density at radius 3 is 2.73 bits per heavy atom. The first-order valence-electron chi connectivity index (χ1n) is 12.3. The van der Waals surface area contributed by atoms with E-state index in [2.05, 4.69) is 20.3 Å². The number of fused-ring (bicyclic) bond motifs is 2. The van der Waals surface area contributed by atoms with Gasteiger partial charge in [0.2, 0.25) is 6.36 Å². The summed E-state index contributed by atoms with van der Waals surface area (Å²) in [5, 5.41) is 23.8. The van der Waals surface area contributed by atoms with Crippen molar-refractivity contribution in [2.45, 2.75) is 63.1 Å². The summed E-state index contributed by atoms with van der Waals surface area (Å²) in [6.07, 6.45) is -2.76. The zero-order valence-corrected chi connectivity index (χ0v) is 19.9. The summed E-state index contributed by atoms with van der Waals surface area (Å²) < 4.78 is 47.3. The van der Waals surface area contributed by atoms with Crippen LogP contribution in [0.3, 0.4) is 0 Å². The molecule has 9 nitrogen and oxygen atoms in total. The lowest BCUT2D eigenvalue weighted by Crippen LogP contribution is -2.40. The topological polar surface area (TPSA) is 120 Å². The van der Waals surface area contributed by atoms with Crippen LogP contribution in [0, 0.1) is 17.7 Å². The minimum Gasteiger partial charge on any atom is -0.461 e. The number of aliphatic imine (C=N–C) groups is 1. The maximum Gasteiger partial charge on any atom is 0.273 e. The average Bonchev–Trinajstić information content (AvgIpc) is 3.24. The van der Waals surface area contributed by atoms with Gasteiger partial charge in [0.1, 0.15) is 41.7 Å². The summed E-state index contributed by atoms with van der Waals surface area (Å²) >= 11 is 0. The van der Waals surface area contributed by atoms with Crippen LogP contribution < -0.4 is 10.1 Å². The number of nitrogens with zero attached hydrogens (tertiary/aromatic N) is 4. The molecule has 1 unspecified atom stereocenters. The van der Waals surface area contributed by atoms with Crippen LogP contribution in [0.25, 0.3) is 0 Å². The number of ether oxygens (including phenoxy) is 1. The first-order valence-corrected chi connectivity index (χ1v) is 12.3. The third-order valence-electron chi connectivity index (χ3n) is 7.65. The van der Waals surface area contributed by atoms with Crippen molar-refractivity contribution >= 4 is 17.4 Å². The molecule has 3 N–H and O–H groups in total. The molecule has 0 spiro atoms. The van der Waals surface area contributed by atoms with Crippen molar-refractivity contribution < 1.29 is 32.9 Å². The normalized spacial score (nSPS) is 32.5. The SMILES string of the molecule is CC(F)Oc1cc(F)cc([C@H]2C[C@H](F)CN2C(=O)C2=NCc3ncnc(N[C@H]4[C@H](O)[C@H](O)[C@@H]5C[C@@H]54)c32)c1. The van der Waals surface area contributed by atoms with Crippen LogP contribution in [-0.2, 0) is 11.3 Å². The summed E-state index contributed by atoms with van der Waals surface area (Å²) in [6, 6.07) is 2.36. The molecular formula is C25H26F3N5O4. The molecule has 196 valence electrons. The number of hydrogen-bond acceptors (Lipinski definition) is 8. The lowest BCUT2D eigenvalue weighted by Gasteiger charge is -2.26. The molecule has 12 heteroatoms. The molecule has 1 saturated heterocycles. The number of aliphatic hydroxyl groups excluding tert-OH is 2. The van der Waals surface area contributed by atoms with Gasteiger partial charge in [-0.25, -0.2) is 23.1 Å². The smallest absolute Gasteiger partial charge is 0.273 e. The Balaban J connectivity index is 1.29. The van der Waals surface area contributed by atoms with Gasteiger partial charge in [0.25, 0.3) is 5.91 Å². The molecule has 0 radical (unpaired) electrons. The predicted octanol–water partition coefficient (Wildman–Crippen LogP) is 2.08. The number of nitrogens with one attached hydrogen (secondary N) is 1. The van der Waals surface area contributed by atoms with Crippen molar-refractivity contribution in [3.8, 4) is 5.75 Å². The molecule has 4 aliphatic rings. The minimum absolute atomic E-state index is 0.0320. The number of benzene rings is 1. The molecule has 3 fully saturated rings. The molecular weight excluding hydrogens is 491 g/mol. The average molecular weight is 518 g/mol. The molecule has 2 aliphatic carbocycles. The van der Waals surface area contributed by atoms with Crippen molar-refractivity contribution in [3.63, 3.8) is 0 Å². The van der Waals surface area contributed by atoms with Crippen LogP contribution >= 0.6 is 0 Å². The number of likely N-dealkylation sites (tertiary alicyclic amines) is 1. The van der Waals surface area contributed by atoms with Crippen LogP contribution in [0.4, 0.5) is 19.0 Å². The van der Waals surface area contributed by atoms with Gasteiger partial charge in [-0.2, -0.15) is 0 Å². The molecule has 1 aromatic carbocycles. The number of alkyl halides is 2. The maximum absolute atomic E-state index is 14.6. The molecule has 3 heterocycles. The number of carbonyl (C=O) groups excluding carboxylic acids is 1. The fourth-order valence-corrected chi connectivity index (χ4v) is 5.91. The van der Waals surface area contributed by atoms with Crippen LogP contribution in [0.5, 0.6) is 5.75 Å². The van der Waals surface area contributed by atoms with E-state index in [-0.39, 0.29) is 48.4 Å². The molecule has 6 rings (SSSR count). The number of carbonyl (C=O) groups is 1. The van der Waals surface area contributed by atoms with E-state index >= 15 is 0 Å². The van der Waals surface area contributed by atoms with Crippen molar-refractivity contribution in [3.05, 3.63) is 47.2 Å². The number of rotatable bonds is 6. The number of aromatic nitrogens is 2. The fourth-order valence-electron chi connectivity index (χ4n) is 5.91. The van der Waals surface area contributed by atoms with Crippen LogP contribution in [-0.4, -0.2) is 74.0 Å². The first-order chi connectivity index (χ1) is 17.7. The van der Waals surface area contributed by atoms with Gasteiger partial charge >= 0.3 is 0 Å². The van der Waals surface area contributed by atoms with E-state index < -0.39 is 48.5 Å². The van der Waals surface area contributed by atoms with Crippen molar-refractivity contribution in [1.29, 1.82) is 0 Å². The Morgan fingerprint density at radius 1 is 1.19 bits per heavy atom. The van der Waals surface area contributed by atoms with E-state index in [4.69, 9.17) is 4.74 Å². The number of amides is 1. The van der Waals surface area contributed by atoms with Gasteiger partial charge in [-0.15, -0.1) is 0 Å². The second-order valence-corrected chi connectivity index (χ2v) is 10.1. The maximum atomic E-state index is 14.6.